The van der Waals surface area contributed by atoms with Crippen LogP contribution in [-0.2, 0) is 0 Å². The first-order chi connectivity index (χ1) is 11.2. The number of aliphatic hydroxyl groups is 1. The molecule has 0 aliphatic carbocycles. The predicted molar refractivity (Wildman–Crippen MR) is 84.3 cm³/mol. The second-order valence-electron chi connectivity index (χ2n) is 5.85. The lowest BCUT2D eigenvalue weighted by atomic mass is 9.94. The fourth-order valence-electron chi connectivity index (χ4n) is 2.35. The summed E-state index contributed by atoms with van der Waals surface area (Å²) in [4.78, 5) is 12.1. The summed E-state index contributed by atoms with van der Waals surface area (Å²) < 4.78 is 41.3. The molecule has 0 saturated carbocycles. The monoisotopic (exact) mass is 337 g/mol. The first-order valence-electron chi connectivity index (χ1n) is 7.38. The van der Waals surface area contributed by atoms with E-state index in [9.17, 15) is 23.1 Å². The maximum absolute atomic E-state index is 14.7. The van der Waals surface area contributed by atoms with Gasteiger partial charge in [-0.15, -0.1) is 0 Å². The van der Waals surface area contributed by atoms with Gasteiger partial charge in [0, 0.05) is 0 Å². The Bertz CT molecular complexity index is 709. The molecule has 2 aromatic carbocycles. The second kappa shape index (κ2) is 7.05. The number of aliphatic hydroxyl groups excluding tert-OH is 1. The minimum absolute atomic E-state index is 0.162. The second-order valence-corrected chi connectivity index (χ2v) is 5.85. The molecule has 2 rings (SSSR count). The topological polar surface area (TPSA) is 49.3 Å². The molecule has 128 valence electrons. The fraction of sp³-hybridized carbons (Fsp3) is 0.278. The normalized spacial score (nSPS) is 14.8. The Labute approximate surface area is 138 Å². The lowest BCUT2D eigenvalue weighted by Gasteiger charge is -2.27. The largest absolute Gasteiger partial charge is 0.385 e. The van der Waals surface area contributed by atoms with Crippen LogP contribution >= 0.6 is 0 Å². The van der Waals surface area contributed by atoms with E-state index in [-0.39, 0.29) is 11.1 Å². The predicted octanol–water partition coefficient (Wildman–Crippen LogP) is 3.46. The van der Waals surface area contributed by atoms with Crippen LogP contribution in [0, 0.1) is 18.6 Å². The van der Waals surface area contributed by atoms with Crippen LogP contribution in [0.25, 0.3) is 0 Å². The van der Waals surface area contributed by atoms with Crippen molar-refractivity contribution in [1.29, 1.82) is 0 Å². The Morgan fingerprint density at radius 2 is 1.83 bits per heavy atom. The summed E-state index contributed by atoms with van der Waals surface area (Å²) >= 11 is 0. The number of hydrogen-bond acceptors (Lipinski definition) is 2. The number of aryl methyl sites for hydroxylation is 1. The van der Waals surface area contributed by atoms with Crippen molar-refractivity contribution in [2.24, 2.45) is 0 Å². The minimum atomic E-state index is -2.22. The third-order valence-electron chi connectivity index (χ3n) is 3.80. The van der Waals surface area contributed by atoms with Gasteiger partial charge in [-0.1, -0.05) is 24.3 Å². The maximum Gasteiger partial charge on any atom is 0.254 e. The molecule has 0 aliphatic rings. The van der Waals surface area contributed by atoms with Gasteiger partial charge in [0.1, 0.15) is 17.7 Å². The molecular weight excluding hydrogens is 319 g/mol. The molecule has 0 aromatic heterocycles. The minimum Gasteiger partial charge on any atom is -0.385 e. The van der Waals surface area contributed by atoms with Gasteiger partial charge in [0.25, 0.3) is 5.91 Å². The van der Waals surface area contributed by atoms with Gasteiger partial charge in [-0.3, -0.25) is 4.79 Å². The van der Waals surface area contributed by atoms with E-state index in [1.54, 1.807) is 13.0 Å². The average molecular weight is 337 g/mol. The molecule has 2 atom stereocenters. The number of amides is 1. The number of nitrogens with one attached hydrogen (secondary N) is 1. The van der Waals surface area contributed by atoms with Crippen molar-refractivity contribution < 1.29 is 23.1 Å². The molecule has 1 amide bonds. The summed E-state index contributed by atoms with van der Waals surface area (Å²) in [6, 6.07) is 8.93. The zero-order chi connectivity index (χ0) is 17.9. The Morgan fingerprint density at radius 1 is 1.21 bits per heavy atom. The van der Waals surface area contributed by atoms with Crippen molar-refractivity contribution in [2.75, 3.05) is 6.54 Å². The molecule has 0 bridgehead atoms. The molecule has 0 unspecified atom stereocenters. The van der Waals surface area contributed by atoms with Crippen LogP contribution in [0.5, 0.6) is 0 Å². The summed E-state index contributed by atoms with van der Waals surface area (Å²) in [7, 11) is 0. The maximum atomic E-state index is 14.7. The molecule has 0 radical (unpaired) electrons. The van der Waals surface area contributed by atoms with E-state index in [2.05, 4.69) is 5.32 Å². The van der Waals surface area contributed by atoms with E-state index in [4.69, 9.17) is 0 Å². The van der Waals surface area contributed by atoms with Crippen molar-refractivity contribution in [3.05, 3.63) is 70.8 Å². The third-order valence-corrected chi connectivity index (χ3v) is 3.80. The summed E-state index contributed by atoms with van der Waals surface area (Å²) in [6.45, 7) is 2.15. The highest BCUT2D eigenvalue weighted by atomic mass is 19.1. The smallest absolute Gasteiger partial charge is 0.254 e. The molecule has 0 saturated heterocycles. The molecule has 2 aromatic rings. The van der Waals surface area contributed by atoms with E-state index in [0.29, 0.717) is 5.56 Å². The van der Waals surface area contributed by atoms with Crippen molar-refractivity contribution >= 4 is 5.91 Å². The van der Waals surface area contributed by atoms with Gasteiger partial charge in [-0.05, 0) is 43.2 Å². The first-order valence-corrected chi connectivity index (χ1v) is 7.38. The number of carbonyl (C=O) groups is 1. The molecule has 3 nitrogen and oxygen atoms in total. The molecular formula is C18H18F3NO2. The fourth-order valence-corrected chi connectivity index (χ4v) is 2.35. The van der Waals surface area contributed by atoms with Crippen LogP contribution in [-0.4, -0.2) is 23.2 Å². The van der Waals surface area contributed by atoms with Gasteiger partial charge >= 0.3 is 0 Å². The van der Waals surface area contributed by atoms with E-state index >= 15 is 0 Å². The first kappa shape index (κ1) is 18.0. The molecule has 0 spiro atoms. The molecule has 0 fully saturated rings. The van der Waals surface area contributed by atoms with Crippen LogP contribution in [0.2, 0.25) is 0 Å². The number of alkyl halides is 1. The molecule has 2 N–H and O–H groups in total. The van der Waals surface area contributed by atoms with Crippen molar-refractivity contribution in [1.82, 2.24) is 5.32 Å². The van der Waals surface area contributed by atoms with E-state index in [0.717, 1.165) is 25.1 Å². The number of benzene rings is 2. The highest BCUT2D eigenvalue weighted by Crippen LogP contribution is 2.29. The Morgan fingerprint density at radius 3 is 2.42 bits per heavy atom. The number of carbonyl (C=O) groups excluding carboxylic acids is 1. The number of rotatable bonds is 5. The Hall–Kier alpha value is -2.34. The van der Waals surface area contributed by atoms with Gasteiger partial charge in [0.15, 0.2) is 5.67 Å². The Kier molecular flexibility index (Phi) is 5.29. The number of halogens is 3. The molecule has 0 aliphatic heterocycles. The summed E-state index contributed by atoms with van der Waals surface area (Å²) in [5.41, 5.74) is -1.78. The highest BCUT2D eigenvalue weighted by molar-refractivity contribution is 5.95. The average Bonchev–Trinajstić information content (AvgIpc) is 2.53. The lowest BCUT2D eigenvalue weighted by Crippen LogP contribution is -2.42. The van der Waals surface area contributed by atoms with Crippen LogP contribution in [0.15, 0.2) is 42.5 Å². The quantitative estimate of drug-likeness (QED) is 0.878. The van der Waals surface area contributed by atoms with Crippen molar-refractivity contribution in [3.63, 3.8) is 0 Å². The lowest BCUT2D eigenvalue weighted by molar-refractivity contribution is 0.00351. The van der Waals surface area contributed by atoms with Gasteiger partial charge < -0.3 is 10.4 Å². The van der Waals surface area contributed by atoms with E-state index < -0.39 is 35.9 Å². The molecule has 24 heavy (non-hydrogen) atoms. The standard InChI is InChI=1S/C18H18F3NO2/c1-11-4-3-5-14(20)15(11)17(24)22-10-18(2,21)16(23)12-6-8-13(19)9-7-12/h3-9,16,23H,10H2,1-2H3,(H,22,24)/t16-,18+/m0/s1. The van der Waals surface area contributed by atoms with Crippen molar-refractivity contribution in [2.45, 2.75) is 25.6 Å². The Balaban J connectivity index is 2.09. The molecule has 0 heterocycles. The van der Waals surface area contributed by atoms with Gasteiger partial charge in [0.2, 0.25) is 0 Å². The third kappa shape index (κ3) is 3.94. The van der Waals surface area contributed by atoms with Crippen LogP contribution in [0.3, 0.4) is 0 Å². The van der Waals surface area contributed by atoms with Gasteiger partial charge in [-0.25, -0.2) is 13.2 Å². The number of hydrogen-bond donors (Lipinski definition) is 2. The summed E-state index contributed by atoms with van der Waals surface area (Å²) in [5.74, 6) is -1.97. The summed E-state index contributed by atoms with van der Waals surface area (Å²) in [5, 5.41) is 12.4. The van der Waals surface area contributed by atoms with Crippen LogP contribution < -0.4 is 5.32 Å². The summed E-state index contributed by atoms with van der Waals surface area (Å²) in [6.07, 6.45) is -1.57. The highest BCUT2D eigenvalue weighted by Gasteiger charge is 2.35. The van der Waals surface area contributed by atoms with E-state index in [1.165, 1.54) is 18.2 Å². The zero-order valence-electron chi connectivity index (χ0n) is 13.3. The SMILES string of the molecule is Cc1cccc(F)c1C(=O)NC[C@@](C)(F)[C@@H](O)c1ccc(F)cc1. The molecule has 6 heteroatoms. The van der Waals surface area contributed by atoms with Crippen molar-refractivity contribution in [3.8, 4) is 0 Å². The zero-order valence-corrected chi connectivity index (χ0v) is 13.3. The van der Waals surface area contributed by atoms with Crippen LogP contribution in [0.1, 0.15) is 34.5 Å². The van der Waals surface area contributed by atoms with E-state index in [1.807, 2.05) is 0 Å². The van der Waals surface area contributed by atoms with Gasteiger partial charge in [-0.2, -0.15) is 0 Å². The van der Waals surface area contributed by atoms with Gasteiger partial charge in [0.05, 0.1) is 12.1 Å². The van der Waals surface area contributed by atoms with Crippen LogP contribution in [0.4, 0.5) is 13.2 Å².